The van der Waals surface area contributed by atoms with Gasteiger partial charge in [-0.3, -0.25) is 9.10 Å². The van der Waals surface area contributed by atoms with E-state index in [9.17, 15) is 26.4 Å². The number of anilines is 1. The average Bonchev–Trinajstić information content (AvgIpc) is 2.79. The van der Waals surface area contributed by atoms with Crippen molar-refractivity contribution in [2.24, 2.45) is 0 Å². The minimum Gasteiger partial charge on any atom is -0.348 e. The number of rotatable bonds is 7. The summed E-state index contributed by atoms with van der Waals surface area (Å²) in [4.78, 5) is 12.9. The lowest BCUT2D eigenvalue weighted by Gasteiger charge is -2.26. The zero-order valence-corrected chi connectivity index (χ0v) is 21.6. The third-order valence-corrected chi connectivity index (χ3v) is 7.87. The Bertz CT molecular complexity index is 1370. The highest BCUT2D eigenvalue weighted by atomic mass is 32.2. The Morgan fingerprint density at radius 2 is 1.53 bits per heavy atom. The van der Waals surface area contributed by atoms with Crippen molar-refractivity contribution < 1.29 is 26.4 Å². The van der Waals surface area contributed by atoms with Crippen molar-refractivity contribution >= 4 is 21.6 Å². The first-order valence-corrected chi connectivity index (χ1v) is 12.8. The largest absolute Gasteiger partial charge is 0.416 e. The summed E-state index contributed by atoms with van der Waals surface area (Å²) in [6.45, 7) is 8.73. The number of halogens is 3. The molecule has 3 aromatic carbocycles. The van der Waals surface area contributed by atoms with Gasteiger partial charge in [-0.2, -0.15) is 13.2 Å². The Balaban J connectivity index is 1.98. The molecule has 0 unspecified atom stereocenters. The summed E-state index contributed by atoms with van der Waals surface area (Å²) >= 11 is 0. The summed E-state index contributed by atoms with van der Waals surface area (Å²) in [7, 11) is -4.34. The summed E-state index contributed by atoms with van der Waals surface area (Å²) in [5.41, 5.74) is 3.54. The quantitative estimate of drug-likeness (QED) is 0.417. The van der Waals surface area contributed by atoms with Gasteiger partial charge in [0.25, 0.3) is 10.0 Å². The fraction of sp³-hybridized carbons (Fsp3) is 0.296. The van der Waals surface area contributed by atoms with Gasteiger partial charge in [-0.25, -0.2) is 8.42 Å². The van der Waals surface area contributed by atoms with E-state index >= 15 is 0 Å². The highest BCUT2D eigenvalue weighted by Gasteiger charge is 2.33. The van der Waals surface area contributed by atoms with Crippen LogP contribution in [0.4, 0.5) is 18.9 Å². The van der Waals surface area contributed by atoms with Crippen molar-refractivity contribution in [3.63, 3.8) is 0 Å². The molecule has 0 aliphatic heterocycles. The van der Waals surface area contributed by atoms with Crippen molar-refractivity contribution in [3.8, 4) is 0 Å². The highest BCUT2D eigenvalue weighted by molar-refractivity contribution is 7.92. The van der Waals surface area contributed by atoms with Crippen LogP contribution in [0.5, 0.6) is 0 Å². The van der Waals surface area contributed by atoms with Crippen LogP contribution in [-0.4, -0.2) is 20.9 Å². The zero-order valence-electron chi connectivity index (χ0n) is 20.8. The van der Waals surface area contributed by atoms with Gasteiger partial charge in [-0.15, -0.1) is 0 Å². The minimum atomic E-state index is -4.67. The van der Waals surface area contributed by atoms with Gasteiger partial charge in [0.2, 0.25) is 5.91 Å². The van der Waals surface area contributed by atoms with Gasteiger partial charge < -0.3 is 5.32 Å². The lowest BCUT2D eigenvalue weighted by molar-refractivity contribution is -0.137. The van der Waals surface area contributed by atoms with E-state index < -0.39 is 40.3 Å². The lowest BCUT2D eigenvalue weighted by Crippen LogP contribution is -2.41. The standard InChI is InChI=1S/C27H29F3N2O3S/c1-17-9-11-24(12-10-17)36(34,35)32(23-8-6-7-22(15-23)27(28,29)30)16-26(33)31-21(5)25-14-19(3)18(2)13-20(25)4/h6-15,21H,16H2,1-5H3,(H,31,33)/t21-/m1/s1. The van der Waals surface area contributed by atoms with Crippen LogP contribution in [-0.2, 0) is 21.0 Å². The van der Waals surface area contributed by atoms with Gasteiger partial charge in [0.05, 0.1) is 22.2 Å². The van der Waals surface area contributed by atoms with E-state index in [4.69, 9.17) is 0 Å². The van der Waals surface area contributed by atoms with Gasteiger partial charge in [0.1, 0.15) is 6.54 Å². The van der Waals surface area contributed by atoms with Crippen molar-refractivity contribution in [3.05, 3.63) is 94.0 Å². The average molecular weight is 519 g/mol. The Hall–Kier alpha value is -3.33. The van der Waals surface area contributed by atoms with Crippen molar-refractivity contribution in [1.82, 2.24) is 5.32 Å². The molecule has 192 valence electrons. The molecule has 0 aromatic heterocycles. The smallest absolute Gasteiger partial charge is 0.348 e. The van der Waals surface area contributed by atoms with Gasteiger partial charge in [-0.05, 0) is 87.2 Å². The second kappa shape index (κ2) is 10.3. The van der Waals surface area contributed by atoms with Crippen LogP contribution in [0.1, 0.15) is 46.3 Å². The maximum Gasteiger partial charge on any atom is 0.416 e. The fourth-order valence-electron chi connectivity index (χ4n) is 3.93. The van der Waals surface area contributed by atoms with Crippen molar-refractivity contribution in [1.29, 1.82) is 0 Å². The van der Waals surface area contributed by atoms with E-state index in [0.717, 1.165) is 46.0 Å². The van der Waals surface area contributed by atoms with Crippen LogP contribution >= 0.6 is 0 Å². The molecule has 1 N–H and O–H groups in total. The Morgan fingerprint density at radius 1 is 0.917 bits per heavy atom. The molecule has 9 heteroatoms. The molecular weight excluding hydrogens is 489 g/mol. The van der Waals surface area contributed by atoms with Crippen LogP contribution < -0.4 is 9.62 Å². The number of nitrogens with zero attached hydrogens (tertiary/aromatic N) is 1. The predicted octanol–water partition coefficient (Wildman–Crippen LogP) is 6.01. The maximum absolute atomic E-state index is 13.5. The van der Waals surface area contributed by atoms with Gasteiger partial charge in [0, 0.05) is 0 Å². The molecule has 0 spiro atoms. The summed E-state index contributed by atoms with van der Waals surface area (Å²) in [5, 5.41) is 2.79. The lowest BCUT2D eigenvalue weighted by atomic mass is 9.96. The van der Waals surface area contributed by atoms with Crippen LogP contribution in [0.15, 0.2) is 65.6 Å². The van der Waals surface area contributed by atoms with Crippen molar-refractivity contribution in [2.75, 3.05) is 10.8 Å². The topological polar surface area (TPSA) is 66.5 Å². The molecule has 0 saturated carbocycles. The summed E-state index contributed by atoms with van der Waals surface area (Å²) in [5.74, 6) is -0.645. The molecule has 0 heterocycles. The second-order valence-electron chi connectivity index (χ2n) is 8.96. The molecule has 0 radical (unpaired) electrons. The number of amides is 1. The van der Waals surface area contributed by atoms with Crippen molar-refractivity contribution in [2.45, 2.75) is 51.7 Å². The summed E-state index contributed by atoms with van der Waals surface area (Å²) in [6, 6.07) is 13.4. The number of alkyl halides is 3. The van der Waals surface area contributed by atoms with Crippen LogP contribution in [0.2, 0.25) is 0 Å². The Labute approximate surface area is 210 Å². The monoisotopic (exact) mass is 518 g/mol. The van der Waals surface area contributed by atoms with Gasteiger partial charge >= 0.3 is 6.18 Å². The predicted molar refractivity (Wildman–Crippen MR) is 134 cm³/mol. The first-order valence-electron chi connectivity index (χ1n) is 11.3. The van der Waals surface area contributed by atoms with E-state index in [0.29, 0.717) is 4.31 Å². The van der Waals surface area contributed by atoms with E-state index in [1.165, 1.54) is 18.2 Å². The molecule has 36 heavy (non-hydrogen) atoms. The third-order valence-electron chi connectivity index (χ3n) is 6.08. The fourth-order valence-corrected chi connectivity index (χ4v) is 5.35. The molecule has 0 bridgehead atoms. The Kier molecular flexibility index (Phi) is 7.83. The number of aryl methyl sites for hydroxylation is 4. The van der Waals surface area contributed by atoms with E-state index in [2.05, 4.69) is 5.32 Å². The number of hydrogen-bond donors (Lipinski definition) is 1. The molecule has 1 atom stereocenters. The number of hydrogen-bond acceptors (Lipinski definition) is 3. The molecule has 1 amide bonds. The molecular formula is C27H29F3N2O3S. The number of sulfonamides is 1. The molecule has 0 aliphatic rings. The number of nitrogens with one attached hydrogen (secondary N) is 1. The third kappa shape index (κ3) is 6.07. The second-order valence-corrected chi connectivity index (χ2v) is 10.8. The minimum absolute atomic E-state index is 0.128. The number of carbonyl (C=O) groups is 1. The molecule has 0 saturated heterocycles. The molecule has 3 aromatic rings. The van der Waals surface area contributed by atoms with E-state index in [1.807, 2.05) is 32.9 Å². The number of benzene rings is 3. The SMILES string of the molecule is Cc1ccc(S(=O)(=O)N(CC(=O)N[C@H](C)c2cc(C)c(C)cc2C)c2cccc(C(F)(F)F)c2)cc1. The van der Waals surface area contributed by atoms with Gasteiger partial charge in [-0.1, -0.05) is 35.9 Å². The maximum atomic E-state index is 13.5. The first kappa shape index (κ1) is 27.3. The van der Waals surface area contributed by atoms with Crippen LogP contribution in [0.25, 0.3) is 0 Å². The highest BCUT2D eigenvalue weighted by Crippen LogP contribution is 2.33. The molecule has 5 nitrogen and oxygen atoms in total. The normalized spacial score (nSPS) is 12.8. The van der Waals surface area contributed by atoms with Crippen LogP contribution in [0.3, 0.4) is 0 Å². The summed E-state index contributed by atoms with van der Waals surface area (Å²) < 4.78 is 67.8. The first-order chi connectivity index (χ1) is 16.7. The number of carbonyl (C=O) groups excluding carboxylic acids is 1. The van der Waals surface area contributed by atoms with E-state index in [-0.39, 0.29) is 10.6 Å². The van der Waals surface area contributed by atoms with Gasteiger partial charge in [0.15, 0.2) is 0 Å². The Morgan fingerprint density at radius 3 is 2.14 bits per heavy atom. The van der Waals surface area contributed by atoms with E-state index in [1.54, 1.807) is 26.0 Å². The summed E-state index contributed by atoms with van der Waals surface area (Å²) in [6.07, 6.45) is -4.67. The molecule has 0 fully saturated rings. The molecule has 0 aliphatic carbocycles. The molecule has 3 rings (SSSR count). The zero-order chi connectivity index (χ0) is 26.8. The van der Waals surface area contributed by atoms with Crippen LogP contribution in [0, 0.1) is 27.7 Å².